The largest absolute Gasteiger partial charge is 0.493 e. The van der Waals surface area contributed by atoms with Crippen molar-refractivity contribution in [2.24, 2.45) is 0 Å². The van der Waals surface area contributed by atoms with Gasteiger partial charge in [0, 0.05) is 17.1 Å². The van der Waals surface area contributed by atoms with E-state index in [-0.39, 0.29) is 0 Å². The van der Waals surface area contributed by atoms with E-state index in [4.69, 9.17) is 4.74 Å². The lowest BCUT2D eigenvalue weighted by Crippen LogP contribution is -2.13. The Morgan fingerprint density at radius 3 is 2.22 bits per heavy atom. The standard InChI is InChI=1S/C25H23NO/c1-20(14-15-21-16-17-25-22(19-21)9-8-18-27-25)26(23-10-4-2-5-11-23)24-12-6-3-7-13-24/h2-7,10-17,19H,1,8-9,18H2/b15-14+. The molecule has 4 rings (SSSR count). The lowest BCUT2D eigenvalue weighted by molar-refractivity contribution is 0.288. The molecule has 2 nitrogen and oxygen atoms in total. The van der Waals surface area contributed by atoms with E-state index in [1.807, 2.05) is 36.4 Å². The first kappa shape index (κ1) is 17.2. The van der Waals surface area contributed by atoms with E-state index in [9.17, 15) is 0 Å². The third kappa shape index (κ3) is 3.95. The third-order valence-electron chi connectivity index (χ3n) is 4.72. The number of hydrogen-bond acceptors (Lipinski definition) is 2. The van der Waals surface area contributed by atoms with E-state index in [0.29, 0.717) is 0 Å². The second-order valence-corrected chi connectivity index (χ2v) is 6.65. The Hall–Kier alpha value is -3.26. The van der Waals surface area contributed by atoms with Crippen molar-refractivity contribution in [2.45, 2.75) is 12.8 Å². The van der Waals surface area contributed by atoms with Crippen molar-refractivity contribution in [3.63, 3.8) is 0 Å². The van der Waals surface area contributed by atoms with Crippen LogP contribution < -0.4 is 9.64 Å². The first-order chi connectivity index (χ1) is 13.3. The fourth-order valence-electron chi connectivity index (χ4n) is 3.39. The second kappa shape index (κ2) is 7.96. The van der Waals surface area contributed by atoms with Gasteiger partial charge in [0.25, 0.3) is 0 Å². The van der Waals surface area contributed by atoms with Crippen LogP contribution in [0.2, 0.25) is 0 Å². The van der Waals surface area contributed by atoms with E-state index >= 15 is 0 Å². The maximum absolute atomic E-state index is 5.71. The molecule has 0 fully saturated rings. The van der Waals surface area contributed by atoms with Gasteiger partial charge < -0.3 is 9.64 Å². The maximum atomic E-state index is 5.71. The molecule has 0 saturated heterocycles. The molecule has 0 saturated carbocycles. The van der Waals surface area contributed by atoms with Crippen molar-refractivity contribution >= 4 is 17.5 Å². The summed E-state index contributed by atoms with van der Waals surface area (Å²) in [5.41, 5.74) is 5.56. The number of fused-ring (bicyclic) bond motifs is 1. The number of allylic oxidation sites excluding steroid dienone is 1. The van der Waals surface area contributed by atoms with Crippen LogP contribution in [0.3, 0.4) is 0 Å². The Labute approximate surface area is 161 Å². The zero-order chi connectivity index (χ0) is 18.5. The summed E-state index contributed by atoms with van der Waals surface area (Å²) in [6.45, 7) is 5.15. The molecule has 0 aromatic heterocycles. The average molecular weight is 353 g/mol. The van der Waals surface area contributed by atoms with E-state index in [0.717, 1.165) is 42.3 Å². The molecular weight excluding hydrogens is 330 g/mol. The Morgan fingerprint density at radius 2 is 1.56 bits per heavy atom. The zero-order valence-electron chi connectivity index (χ0n) is 15.3. The van der Waals surface area contributed by atoms with Crippen molar-refractivity contribution < 1.29 is 4.74 Å². The van der Waals surface area contributed by atoms with E-state index in [1.54, 1.807) is 0 Å². The van der Waals surface area contributed by atoms with Crippen LogP contribution in [0.1, 0.15) is 17.5 Å². The Morgan fingerprint density at radius 1 is 0.889 bits per heavy atom. The smallest absolute Gasteiger partial charge is 0.122 e. The molecule has 0 N–H and O–H groups in total. The van der Waals surface area contributed by atoms with Crippen LogP contribution in [-0.4, -0.2) is 6.61 Å². The van der Waals surface area contributed by atoms with Crippen LogP contribution in [0.5, 0.6) is 5.75 Å². The van der Waals surface area contributed by atoms with Gasteiger partial charge in [-0.2, -0.15) is 0 Å². The topological polar surface area (TPSA) is 12.5 Å². The molecule has 1 aliphatic heterocycles. The number of para-hydroxylation sites is 2. The molecule has 0 spiro atoms. The van der Waals surface area contributed by atoms with Crippen LogP contribution in [0.25, 0.3) is 6.08 Å². The first-order valence-electron chi connectivity index (χ1n) is 9.34. The molecule has 3 aromatic carbocycles. The first-order valence-corrected chi connectivity index (χ1v) is 9.34. The highest BCUT2D eigenvalue weighted by molar-refractivity contribution is 5.71. The fourth-order valence-corrected chi connectivity index (χ4v) is 3.39. The summed E-state index contributed by atoms with van der Waals surface area (Å²) in [6.07, 6.45) is 6.36. The number of nitrogens with zero attached hydrogens (tertiary/aromatic N) is 1. The van der Waals surface area contributed by atoms with Gasteiger partial charge in [-0.1, -0.05) is 55.1 Å². The molecular formula is C25H23NO. The summed E-state index contributed by atoms with van der Waals surface area (Å²) >= 11 is 0. The van der Waals surface area contributed by atoms with Crippen LogP contribution in [0.15, 0.2) is 97.2 Å². The highest BCUT2D eigenvalue weighted by Crippen LogP contribution is 2.30. The average Bonchev–Trinajstić information content (AvgIpc) is 2.74. The Kier molecular flexibility index (Phi) is 5.06. The summed E-state index contributed by atoms with van der Waals surface area (Å²) in [7, 11) is 0. The number of benzene rings is 3. The third-order valence-corrected chi connectivity index (χ3v) is 4.72. The van der Waals surface area contributed by atoms with E-state index < -0.39 is 0 Å². The molecule has 134 valence electrons. The van der Waals surface area contributed by atoms with Gasteiger partial charge in [0.05, 0.1) is 6.61 Å². The quantitative estimate of drug-likeness (QED) is 0.494. The molecule has 0 unspecified atom stereocenters. The summed E-state index contributed by atoms with van der Waals surface area (Å²) < 4.78 is 5.71. The van der Waals surface area contributed by atoms with Gasteiger partial charge in [0.2, 0.25) is 0 Å². The highest BCUT2D eigenvalue weighted by Gasteiger charge is 2.12. The van der Waals surface area contributed by atoms with E-state index in [1.165, 1.54) is 11.1 Å². The molecule has 27 heavy (non-hydrogen) atoms. The summed E-state index contributed by atoms with van der Waals surface area (Å²) in [5, 5.41) is 0. The molecule has 1 heterocycles. The van der Waals surface area contributed by atoms with Gasteiger partial charge in [-0.3, -0.25) is 0 Å². The van der Waals surface area contributed by atoms with Crippen LogP contribution >= 0.6 is 0 Å². The second-order valence-electron chi connectivity index (χ2n) is 6.65. The number of rotatable bonds is 5. The van der Waals surface area contributed by atoms with Crippen molar-refractivity contribution in [3.8, 4) is 5.75 Å². The van der Waals surface area contributed by atoms with Gasteiger partial charge in [0.1, 0.15) is 5.75 Å². The Bertz CT molecular complexity index is 905. The lowest BCUT2D eigenvalue weighted by Gasteiger charge is -2.25. The lowest BCUT2D eigenvalue weighted by atomic mass is 10.0. The van der Waals surface area contributed by atoms with Crippen molar-refractivity contribution in [1.82, 2.24) is 0 Å². The minimum Gasteiger partial charge on any atom is -0.493 e. The monoisotopic (exact) mass is 353 g/mol. The summed E-state index contributed by atoms with van der Waals surface area (Å²) in [6, 6.07) is 27.0. The van der Waals surface area contributed by atoms with Crippen LogP contribution in [0, 0.1) is 0 Å². The van der Waals surface area contributed by atoms with Crippen molar-refractivity contribution in [2.75, 3.05) is 11.5 Å². The van der Waals surface area contributed by atoms with Gasteiger partial charge >= 0.3 is 0 Å². The van der Waals surface area contributed by atoms with Crippen LogP contribution in [0.4, 0.5) is 11.4 Å². The molecule has 2 heteroatoms. The van der Waals surface area contributed by atoms with Crippen molar-refractivity contribution in [3.05, 3.63) is 108 Å². The van der Waals surface area contributed by atoms with E-state index in [2.05, 4.69) is 66.1 Å². The van der Waals surface area contributed by atoms with Gasteiger partial charge in [-0.05, 0) is 66.4 Å². The normalized spacial score (nSPS) is 13.0. The zero-order valence-corrected chi connectivity index (χ0v) is 15.3. The van der Waals surface area contributed by atoms with Crippen LogP contribution in [-0.2, 0) is 6.42 Å². The van der Waals surface area contributed by atoms with Gasteiger partial charge in [-0.15, -0.1) is 0 Å². The van der Waals surface area contributed by atoms with Gasteiger partial charge in [-0.25, -0.2) is 0 Å². The summed E-state index contributed by atoms with van der Waals surface area (Å²) in [4.78, 5) is 2.16. The number of ether oxygens (including phenoxy) is 1. The maximum Gasteiger partial charge on any atom is 0.122 e. The molecule has 0 amide bonds. The minimum absolute atomic E-state index is 0.822. The minimum atomic E-state index is 0.822. The van der Waals surface area contributed by atoms with Gasteiger partial charge in [0.15, 0.2) is 0 Å². The fraction of sp³-hybridized carbons (Fsp3) is 0.120. The predicted octanol–water partition coefficient (Wildman–Crippen LogP) is 6.38. The van der Waals surface area contributed by atoms with Crippen molar-refractivity contribution in [1.29, 1.82) is 0 Å². The predicted molar refractivity (Wildman–Crippen MR) is 113 cm³/mol. The molecule has 0 aliphatic carbocycles. The summed E-state index contributed by atoms with van der Waals surface area (Å²) in [5.74, 6) is 1.02. The number of hydrogen-bond donors (Lipinski definition) is 0. The Balaban J connectivity index is 1.61. The highest BCUT2D eigenvalue weighted by atomic mass is 16.5. The molecule has 0 radical (unpaired) electrons. The molecule has 0 bridgehead atoms. The SMILES string of the molecule is C=C(/C=C/c1ccc2c(c1)CCCO2)N(c1ccccc1)c1ccccc1. The molecule has 1 aliphatic rings. The molecule has 3 aromatic rings. The number of aryl methyl sites for hydroxylation is 1. The molecule has 0 atom stereocenters. The number of anilines is 2.